The Hall–Kier alpha value is -0.580. The minimum Gasteiger partial charge on any atom is -0.384 e. The normalized spacial score (nSPS) is 12.7. The molecular weight excluding hydrogens is 237 g/mol. The van der Waals surface area contributed by atoms with Crippen LogP contribution in [0.15, 0.2) is 23.1 Å². The van der Waals surface area contributed by atoms with E-state index in [4.69, 9.17) is 4.74 Å². The molecule has 0 radical (unpaired) electrons. The third-order valence-corrected chi connectivity index (χ3v) is 3.60. The van der Waals surface area contributed by atoms with Crippen molar-refractivity contribution in [3.8, 4) is 0 Å². The second-order valence-electron chi connectivity index (χ2n) is 3.78. The summed E-state index contributed by atoms with van der Waals surface area (Å²) in [6.45, 7) is 5.61. The monoisotopic (exact) mass is 257 g/mol. The van der Waals surface area contributed by atoms with Crippen LogP contribution < -0.4 is 5.32 Å². The Bertz CT molecular complexity index is 346. The molecule has 0 saturated carbocycles. The van der Waals surface area contributed by atoms with Gasteiger partial charge in [0.15, 0.2) is 0 Å². The lowest BCUT2D eigenvalue weighted by Gasteiger charge is -2.17. The molecule has 1 unspecified atom stereocenters. The predicted octanol–water partition coefficient (Wildman–Crippen LogP) is 3.23. The number of benzene rings is 1. The predicted molar refractivity (Wildman–Crippen MR) is 71.1 cm³/mol. The van der Waals surface area contributed by atoms with Crippen LogP contribution in [0.3, 0.4) is 0 Å². The lowest BCUT2D eigenvalue weighted by molar-refractivity contribution is 0.218. The minimum absolute atomic E-state index is 0.145. The zero-order chi connectivity index (χ0) is 12.7. The topological polar surface area (TPSA) is 21.3 Å². The van der Waals surface area contributed by atoms with Crippen molar-refractivity contribution in [2.75, 3.05) is 26.0 Å². The summed E-state index contributed by atoms with van der Waals surface area (Å²) in [6.07, 6.45) is 0. The van der Waals surface area contributed by atoms with Crippen molar-refractivity contribution in [3.63, 3.8) is 0 Å². The third-order valence-electron chi connectivity index (χ3n) is 2.51. The van der Waals surface area contributed by atoms with Crippen LogP contribution in [0.2, 0.25) is 0 Å². The van der Waals surface area contributed by atoms with Gasteiger partial charge in [0.25, 0.3) is 0 Å². The van der Waals surface area contributed by atoms with Crippen molar-refractivity contribution in [3.05, 3.63) is 29.6 Å². The largest absolute Gasteiger partial charge is 0.384 e. The first kappa shape index (κ1) is 14.5. The van der Waals surface area contributed by atoms with E-state index in [1.807, 2.05) is 13.0 Å². The van der Waals surface area contributed by atoms with Gasteiger partial charge >= 0.3 is 0 Å². The van der Waals surface area contributed by atoms with Crippen LogP contribution in [-0.2, 0) is 4.74 Å². The highest BCUT2D eigenvalue weighted by molar-refractivity contribution is 7.99. The summed E-state index contributed by atoms with van der Waals surface area (Å²) >= 11 is 1.51. The van der Waals surface area contributed by atoms with Crippen LogP contribution in [0.25, 0.3) is 0 Å². The fraction of sp³-hybridized carbons (Fsp3) is 0.538. The molecule has 0 amide bonds. The van der Waals surface area contributed by atoms with Crippen molar-refractivity contribution in [1.82, 2.24) is 5.32 Å². The van der Waals surface area contributed by atoms with Crippen molar-refractivity contribution in [2.24, 2.45) is 0 Å². The van der Waals surface area contributed by atoms with E-state index in [1.54, 1.807) is 13.2 Å². The average molecular weight is 257 g/mol. The molecule has 4 heteroatoms. The fourth-order valence-corrected chi connectivity index (χ4v) is 2.73. The third kappa shape index (κ3) is 4.30. The van der Waals surface area contributed by atoms with Gasteiger partial charge in [-0.05, 0) is 25.1 Å². The summed E-state index contributed by atoms with van der Waals surface area (Å²) in [7, 11) is 1.66. The van der Waals surface area contributed by atoms with Gasteiger partial charge in [0.1, 0.15) is 5.82 Å². The fourth-order valence-electron chi connectivity index (χ4n) is 1.66. The molecule has 1 N–H and O–H groups in total. The Kier molecular flexibility index (Phi) is 6.55. The van der Waals surface area contributed by atoms with Gasteiger partial charge in [-0.2, -0.15) is 0 Å². The zero-order valence-corrected chi connectivity index (χ0v) is 11.4. The number of thioether (sulfide) groups is 1. The second-order valence-corrected chi connectivity index (χ2v) is 4.88. The van der Waals surface area contributed by atoms with E-state index in [1.165, 1.54) is 17.8 Å². The van der Waals surface area contributed by atoms with E-state index in [-0.39, 0.29) is 11.9 Å². The highest BCUT2D eigenvalue weighted by Crippen LogP contribution is 2.30. The number of hydrogen-bond acceptors (Lipinski definition) is 3. The molecule has 0 bridgehead atoms. The van der Waals surface area contributed by atoms with Crippen LogP contribution >= 0.6 is 11.8 Å². The standard InChI is InChI=1S/C13H20FNOS/c1-4-15-10(2)11-6-5-7-12(14)13(11)17-9-8-16-3/h5-7,10,15H,4,8-9H2,1-3H3. The maximum atomic E-state index is 13.8. The molecule has 1 rings (SSSR count). The van der Waals surface area contributed by atoms with Gasteiger partial charge < -0.3 is 10.1 Å². The highest BCUT2D eigenvalue weighted by Gasteiger charge is 2.13. The summed E-state index contributed by atoms with van der Waals surface area (Å²) in [6, 6.07) is 5.42. The van der Waals surface area contributed by atoms with Crippen LogP contribution in [-0.4, -0.2) is 26.0 Å². The van der Waals surface area contributed by atoms with Crippen LogP contribution in [0.5, 0.6) is 0 Å². The van der Waals surface area contributed by atoms with E-state index >= 15 is 0 Å². The van der Waals surface area contributed by atoms with Crippen molar-refractivity contribution in [1.29, 1.82) is 0 Å². The SMILES string of the molecule is CCNC(C)c1cccc(F)c1SCCOC. The molecule has 0 aromatic heterocycles. The van der Waals surface area contributed by atoms with E-state index in [9.17, 15) is 4.39 Å². The lowest BCUT2D eigenvalue weighted by atomic mass is 10.1. The zero-order valence-electron chi connectivity index (χ0n) is 10.6. The average Bonchev–Trinajstić information content (AvgIpc) is 2.31. The molecule has 0 fully saturated rings. The van der Waals surface area contributed by atoms with Gasteiger partial charge in [0, 0.05) is 23.8 Å². The molecule has 1 aromatic rings. The number of halogens is 1. The summed E-state index contributed by atoms with van der Waals surface area (Å²) in [5.74, 6) is 0.622. The smallest absolute Gasteiger partial charge is 0.137 e. The molecule has 96 valence electrons. The van der Waals surface area contributed by atoms with E-state index in [2.05, 4.69) is 12.2 Å². The Labute approximate surface area is 107 Å². The number of ether oxygens (including phenoxy) is 1. The Morgan fingerprint density at radius 1 is 1.47 bits per heavy atom. The highest BCUT2D eigenvalue weighted by atomic mass is 32.2. The molecule has 2 nitrogen and oxygen atoms in total. The minimum atomic E-state index is -0.145. The Morgan fingerprint density at radius 3 is 2.88 bits per heavy atom. The molecule has 0 heterocycles. The van der Waals surface area contributed by atoms with Crippen molar-refractivity contribution < 1.29 is 9.13 Å². The van der Waals surface area contributed by atoms with Gasteiger partial charge in [0.05, 0.1) is 6.61 Å². The van der Waals surface area contributed by atoms with Crippen molar-refractivity contribution >= 4 is 11.8 Å². The molecule has 0 aliphatic heterocycles. The Balaban J connectivity index is 2.83. The van der Waals surface area contributed by atoms with E-state index in [0.29, 0.717) is 6.61 Å². The maximum absolute atomic E-state index is 13.8. The molecule has 17 heavy (non-hydrogen) atoms. The molecule has 0 aliphatic carbocycles. The molecular formula is C13H20FNOS. The van der Waals surface area contributed by atoms with Gasteiger partial charge in [-0.15, -0.1) is 11.8 Å². The van der Waals surface area contributed by atoms with Crippen LogP contribution in [0, 0.1) is 5.82 Å². The molecule has 1 atom stereocenters. The van der Waals surface area contributed by atoms with Crippen molar-refractivity contribution in [2.45, 2.75) is 24.8 Å². The van der Waals surface area contributed by atoms with E-state index < -0.39 is 0 Å². The first-order valence-electron chi connectivity index (χ1n) is 5.84. The summed E-state index contributed by atoms with van der Waals surface area (Å²) in [4.78, 5) is 0.734. The van der Waals surface area contributed by atoms with Crippen LogP contribution in [0.1, 0.15) is 25.5 Å². The summed E-state index contributed by atoms with van der Waals surface area (Å²) in [5.41, 5.74) is 1.02. The maximum Gasteiger partial charge on any atom is 0.137 e. The van der Waals surface area contributed by atoms with Gasteiger partial charge in [0.2, 0.25) is 0 Å². The molecule has 0 aliphatic rings. The van der Waals surface area contributed by atoms with Gasteiger partial charge in [-0.25, -0.2) is 4.39 Å². The molecule has 0 saturated heterocycles. The van der Waals surface area contributed by atoms with E-state index in [0.717, 1.165) is 22.8 Å². The Morgan fingerprint density at radius 2 is 2.24 bits per heavy atom. The quantitative estimate of drug-likeness (QED) is 0.598. The molecule has 1 aromatic carbocycles. The number of hydrogen-bond donors (Lipinski definition) is 1. The first-order chi connectivity index (χ1) is 8.20. The molecule has 0 spiro atoms. The summed E-state index contributed by atoms with van der Waals surface area (Å²) < 4.78 is 18.8. The van der Waals surface area contributed by atoms with Gasteiger partial charge in [-0.1, -0.05) is 19.1 Å². The first-order valence-corrected chi connectivity index (χ1v) is 6.82. The number of rotatable bonds is 7. The second kappa shape index (κ2) is 7.69. The number of nitrogens with one attached hydrogen (secondary N) is 1. The van der Waals surface area contributed by atoms with Crippen LogP contribution in [0.4, 0.5) is 4.39 Å². The van der Waals surface area contributed by atoms with Gasteiger partial charge in [-0.3, -0.25) is 0 Å². The number of methoxy groups -OCH3 is 1. The summed E-state index contributed by atoms with van der Waals surface area (Å²) in [5, 5.41) is 3.31. The lowest BCUT2D eigenvalue weighted by Crippen LogP contribution is -2.18.